The SMILES string of the molecule is FC(F)(F)c1nc(Br)c(N2CCNCC2)s1. The normalized spacial score (nSPS) is 17.9. The van der Waals surface area contributed by atoms with Gasteiger partial charge in [-0.25, -0.2) is 4.98 Å². The van der Waals surface area contributed by atoms with E-state index in [2.05, 4.69) is 26.2 Å². The van der Waals surface area contributed by atoms with E-state index in [-0.39, 0.29) is 4.60 Å². The highest BCUT2D eigenvalue weighted by Gasteiger charge is 2.36. The van der Waals surface area contributed by atoms with Crippen molar-refractivity contribution < 1.29 is 13.2 Å². The zero-order chi connectivity index (χ0) is 11.8. The fraction of sp³-hybridized carbons (Fsp3) is 0.625. The Kier molecular flexibility index (Phi) is 3.41. The molecule has 3 nitrogen and oxygen atoms in total. The van der Waals surface area contributed by atoms with Gasteiger partial charge in [-0.05, 0) is 15.9 Å². The number of rotatable bonds is 1. The van der Waals surface area contributed by atoms with E-state index in [1.54, 1.807) is 0 Å². The van der Waals surface area contributed by atoms with Crippen molar-refractivity contribution in [2.75, 3.05) is 31.1 Å². The molecular weight excluding hydrogens is 307 g/mol. The van der Waals surface area contributed by atoms with Gasteiger partial charge in [-0.3, -0.25) is 0 Å². The molecule has 1 fully saturated rings. The van der Waals surface area contributed by atoms with E-state index in [0.717, 1.165) is 13.1 Å². The molecule has 2 heterocycles. The smallest absolute Gasteiger partial charge is 0.359 e. The van der Waals surface area contributed by atoms with Crippen LogP contribution in [0.5, 0.6) is 0 Å². The molecule has 0 aromatic carbocycles. The summed E-state index contributed by atoms with van der Waals surface area (Å²) in [6, 6.07) is 0. The first kappa shape index (κ1) is 12.1. The van der Waals surface area contributed by atoms with Crippen LogP contribution < -0.4 is 10.2 Å². The van der Waals surface area contributed by atoms with E-state index in [9.17, 15) is 13.2 Å². The lowest BCUT2D eigenvalue weighted by atomic mass is 10.4. The molecule has 1 aromatic rings. The van der Waals surface area contributed by atoms with Crippen LogP contribution in [0.4, 0.5) is 18.2 Å². The lowest BCUT2D eigenvalue weighted by Gasteiger charge is -2.27. The largest absolute Gasteiger partial charge is 0.443 e. The summed E-state index contributed by atoms with van der Waals surface area (Å²) < 4.78 is 37.6. The van der Waals surface area contributed by atoms with Crippen molar-refractivity contribution in [3.63, 3.8) is 0 Å². The van der Waals surface area contributed by atoms with Crippen molar-refractivity contribution >= 4 is 32.3 Å². The average Bonchev–Trinajstić information content (AvgIpc) is 2.61. The third-order valence-corrected chi connectivity index (χ3v) is 4.19. The summed E-state index contributed by atoms with van der Waals surface area (Å²) in [4.78, 5) is 5.42. The lowest BCUT2D eigenvalue weighted by molar-refractivity contribution is -0.137. The first-order valence-corrected chi connectivity index (χ1v) is 6.28. The number of hydrogen-bond acceptors (Lipinski definition) is 4. The number of nitrogens with one attached hydrogen (secondary N) is 1. The van der Waals surface area contributed by atoms with Crippen molar-refractivity contribution in [3.8, 4) is 0 Å². The number of thiazole rings is 1. The number of nitrogens with zero attached hydrogens (tertiary/aromatic N) is 2. The van der Waals surface area contributed by atoms with Crippen LogP contribution in [0.15, 0.2) is 4.60 Å². The minimum Gasteiger partial charge on any atom is -0.359 e. The summed E-state index contributed by atoms with van der Waals surface area (Å²) in [5.41, 5.74) is 0. The maximum absolute atomic E-state index is 12.4. The van der Waals surface area contributed by atoms with Gasteiger partial charge in [0.05, 0.1) is 0 Å². The summed E-state index contributed by atoms with van der Waals surface area (Å²) in [5.74, 6) is 0. The Bertz CT molecular complexity index is 373. The van der Waals surface area contributed by atoms with Gasteiger partial charge in [-0.15, -0.1) is 0 Å². The molecule has 2 rings (SSSR count). The van der Waals surface area contributed by atoms with E-state index >= 15 is 0 Å². The first-order chi connectivity index (χ1) is 7.48. The monoisotopic (exact) mass is 315 g/mol. The first-order valence-electron chi connectivity index (χ1n) is 4.67. The number of anilines is 1. The number of piperazine rings is 1. The number of aromatic nitrogens is 1. The van der Waals surface area contributed by atoms with Crippen LogP contribution in [0, 0.1) is 0 Å². The molecule has 1 saturated heterocycles. The quantitative estimate of drug-likeness (QED) is 0.862. The maximum Gasteiger partial charge on any atom is 0.443 e. The Labute approximate surface area is 103 Å². The summed E-state index contributed by atoms with van der Waals surface area (Å²) in [6.07, 6.45) is -4.36. The summed E-state index contributed by atoms with van der Waals surface area (Å²) in [5, 5.41) is 2.91. The molecule has 16 heavy (non-hydrogen) atoms. The van der Waals surface area contributed by atoms with E-state index in [1.165, 1.54) is 0 Å². The fourth-order valence-electron chi connectivity index (χ4n) is 1.48. The highest BCUT2D eigenvalue weighted by atomic mass is 79.9. The van der Waals surface area contributed by atoms with Gasteiger partial charge < -0.3 is 10.2 Å². The standard InChI is InChI=1S/C8H9BrF3N3S/c9-5-6(15-3-1-13-2-4-15)16-7(14-5)8(10,11)12/h13H,1-4H2. The minimum atomic E-state index is -4.36. The molecule has 0 spiro atoms. The second-order valence-electron chi connectivity index (χ2n) is 3.35. The van der Waals surface area contributed by atoms with Crippen LogP contribution in [0.1, 0.15) is 5.01 Å². The van der Waals surface area contributed by atoms with Crippen molar-refractivity contribution in [2.24, 2.45) is 0 Å². The minimum absolute atomic E-state index is 0.284. The Morgan fingerprint density at radius 3 is 2.44 bits per heavy atom. The lowest BCUT2D eigenvalue weighted by Crippen LogP contribution is -2.43. The predicted octanol–water partition coefficient (Wildman–Crippen LogP) is 2.33. The van der Waals surface area contributed by atoms with Crippen LogP contribution in [-0.2, 0) is 6.18 Å². The van der Waals surface area contributed by atoms with Crippen LogP contribution >= 0.6 is 27.3 Å². The van der Waals surface area contributed by atoms with Gasteiger partial charge in [0.25, 0.3) is 0 Å². The third-order valence-electron chi connectivity index (χ3n) is 2.22. The molecule has 0 radical (unpaired) electrons. The Hall–Kier alpha value is -0.340. The highest BCUT2D eigenvalue weighted by Crippen LogP contribution is 2.40. The zero-order valence-corrected chi connectivity index (χ0v) is 10.5. The summed E-state index contributed by atoms with van der Waals surface area (Å²) in [7, 11) is 0. The number of alkyl halides is 3. The van der Waals surface area contributed by atoms with Gasteiger partial charge in [-0.2, -0.15) is 13.2 Å². The topological polar surface area (TPSA) is 28.2 Å². The Morgan fingerprint density at radius 2 is 1.94 bits per heavy atom. The molecule has 0 amide bonds. The van der Waals surface area contributed by atoms with E-state index in [0.29, 0.717) is 29.4 Å². The molecule has 0 aliphatic carbocycles. The van der Waals surface area contributed by atoms with Crippen LogP contribution in [-0.4, -0.2) is 31.2 Å². The molecular formula is C8H9BrF3N3S. The third kappa shape index (κ3) is 2.49. The molecule has 1 aromatic heterocycles. The number of halogens is 4. The van der Waals surface area contributed by atoms with Gasteiger partial charge in [0.1, 0.15) is 9.60 Å². The van der Waals surface area contributed by atoms with Crippen molar-refractivity contribution in [2.45, 2.75) is 6.18 Å². The van der Waals surface area contributed by atoms with Gasteiger partial charge in [0, 0.05) is 26.2 Å². The maximum atomic E-state index is 12.4. The van der Waals surface area contributed by atoms with Crippen LogP contribution in [0.2, 0.25) is 0 Å². The van der Waals surface area contributed by atoms with E-state index < -0.39 is 11.2 Å². The predicted molar refractivity (Wildman–Crippen MR) is 59.9 cm³/mol. The van der Waals surface area contributed by atoms with Crippen molar-refractivity contribution in [1.82, 2.24) is 10.3 Å². The molecule has 0 atom stereocenters. The molecule has 0 bridgehead atoms. The van der Waals surface area contributed by atoms with Gasteiger partial charge in [0.15, 0.2) is 0 Å². The van der Waals surface area contributed by atoms with E-state index in [1.807, 2.05) is 4.90 Å². The average molecular weight is 316 g/mol. The zero-order valence-electron chi connectivity index (χ0n) is 8.14. The molecule has 1 aliphatic rings. The Balaban J connectivity index is 2.24. The van der Waals surface area contributed by atoms with Gasteiger partial charge in [-0.1, -0.05) is 11.3 Å². The molecule has 1 aliphatic heterocycles. The Morgan fingerprint density at radius 1 is 1.31 bits per heavy atom. The molecule has 1 N–H and O–H groups in total. The van der Waals surface area contributed by atoms with Gasteiger partial charge in [0.2, 0.25) is 5.01 Å². The summed E-state index contributed by atoms with van der Waals surface area (Å²) in [6.45, 7) is 2.98. The van der Waals surface area contributed by atoms with Crippen LogP contribution in [0.3, 0.4) is 0 Å². The van der Waals surface area contributed by atoms with Crippen molar-refractivity contribution in [1.29, 1.82) is 0 Å². The van der Waals surface area contributed by atoms with Gasteiger partial charge >= 0.3 is 6.18 Å². The van der Waals surface area contributed by atoms with Crippen molar-refractivity contribution in [3.05, 3.63) is 9.61 Å². The second-order valence-corrected chi connectivity index (χ2v) is 5.08. The molecule has 0 saturated carbocycles. The summed E-state index contributed by atoms with van der Waals surface area (Å²) >= 11 is 3.77. The highest BCUT2D eigenvalue weighted by molar-refractivity contribution is 9.10. The fourth-order valence-corrected chi connectivity index (χ4v) is 3.14. The number of hydrogen-bond donors (Lipinski definition) is 1. The molecule has 90 valence electrons. The van der Waals surface area contributed by atoms with E-state index in [4.69, 9.17) is 0 Å². The van der Waals surface area contributed by atoms with Crippen LogP contribution in [0.25, 0.3) is 0 Å². The molecule has 0 unspecified atom stereocenters. The second kappa shape index (κ2) is 4.50. The molecule has 8 heteroatoms.